The van der Waals surface area contributed by atoms with Crippen LogP contribution in [0.5, 0.6) is 0 Å². The third-order valence-corrected chi connectivity index (χ3v) is 12.4. The summed E-state index contributed by atoms with van der Waals surface area (Å²) in [5, 5.41) is 5.55. The second-order valence-corrected chi connectivity index (χ2v) is 16.0. The van der Waals surface area contributed by atoms with Gasteiger partial charge in [-0.25, -0.2) is 0 Å². The zero-order chi connectivity index (χ0) is 35.4. The average molecular weight is 660 g/mol. The van der Waals surface area contributed by atoms with Gasteiger partial charge in [0, 0.05) is 27.9 Å². The highest BCUT2D eigenvalue weighted by molar-refractivity contribution is 6.15. The first-order chi connectivity index (χ1) is 24.5. The van der Waals surface area contributed by atoms with Gasteiger partial charge in [-0.1, -0.05) is 113 Å². The molecule has 0 unspecified atom stereocenters. The zero-order valence-corrected chi connectivity index (χ0v) is 31.1. The van der Waals surface area contributed by atoms with Crippen LogP contribution in [0.3, 0.4) is 0 Å². The number of hydrogen-bond donors (Lipinski definition) is 0. The molecular formula is C50H45N. The number of hydrogen-bond acceptors (Lipinski definition) is 1. The first-order valence-electron chi connectivity index (χ1n) is 18.4. The van der Waals surface area contributed by atoms with Crippen LogP contribution in [0.15, 0.2) is 127 Å². The number of rotatable bonds is 5. The lowest BCUT2D eigenvalue weighted by Gasteiger charge is -2.30. The van der Waals surface area contributed by atoms with Crippen LogP contribution >= 0.6 is 0 Å². The zero-order valence-electron chi connectivity index (χ0n) is 31.1. The Morgan fingerprint density at radius 2 is 1.00 bits per heavy atom. The van der Waals surface area contributed by atoms with Crippen molar-refractivity contribution in [1.29, 1.82) is 0 Å². The van der Waals surface area contributed by atoms with E-state index >= 15 is 0 Å². The quantitative estimate of drug-likeness (QED) is 0.131. The highest BCUT2D eigenvalue weighted by Gasteiger charge is 2.37. The van der Waals surface area contributed by atoms with Crippen LogP contribution in [0.25, 0.3) is 43.8 Å². The Morgan fingerprint density at radius 1 is 0.451 bits per heavy atom. The van der Waals surface area contributed by atoms with Crippen LogP contribution in [0.2, 0.25) is 0 Å². The molecule has 1 nitrogen and oxygen atoms in total. The molecule has 0 bridgehead atoms. The molecule has 0 N–H and O–H groups in total. The number of allylic oxidation sites excluding steroid dienone is 2. The molecule has 7 aromatic carbocycles. The molecule has 0 heterocycles. The molecule has 1 heteroatoms. The standard InChI is InChI=1S/C50H45N/c1-30-14-9-11-18-45(30)51(46-19-12-10-15-31(46)2)38-23-25-40-39-24-22-35(27-42(39)50(7,8)43(40)29-38)32(3)33(4)37-26-36-21-20-34-16-13-17-41-47(34)48(36)44(28-37)49(41,5)6/h9-29H,1-8H3/b33-32+. The third-order valence-electron chi connectivity index (χ3n) is 12.4. The largest absolute Gasteiger partial charge is 0.310 e. The molecule has 0 amide bonds. The lowest BCUT2D eigenvalue weighted by atomic mass is 9.80. The summed E-state index contributed by atoms with van der Waals surface area (Å²) in [5.74, 6) is 0. The Kier molecular flexibility index (Phi) is 6.84. The highest BCUT2D eigenvalue weighted by atomic mass is 15.1. The Hall–Kier alpha value is -5.40. The van der Waals surface area contributed by atoms with Gasteiger partial charge in [-0.05, 0) is 158 Å². The van der Waals surface area contributed by atoms with E-state index in [4.69, 9.17) is 0 Å². The third kappa shape index (κ3) is 4.53. The predicted octanol–water partition coefficient (Wildman–Crippen LogP) is 14.0. The Bertz CT molecular complexity index is 2580. The summed E-state index contributed by atoms with van der Waals surface area (Å²) in [7, 11) is 0. The predicted molar refractivity (Wildman–Crippen MR) is 220 cm³/mol. The number of fused-ring (bicyclic) bond motifs is 3. The molecule has 0 atom stereocenters. The summed E-state index contributed by atoms with van der Waals surface area (Å²) in [4.78, 5) is 2.44. The molecule has 51 heavy (non-hydrogen) atoms. The van der Waals surface area contributed by atoms with Gasteiger partial charge in [-0.3, -0.25) is 0 Å². The number of benzene rings is 7. The molecule has 0 aliphatic heterocycles. The Morgan fingerprint density at radius 3 is 1.69 bits per heavy atom. The Labute approximate surface area is 302 Å². The fraction of sp³-hybridized carbons (Fsp3) is 0.200. The second kappa shape index (κ2) is 11.0. The number of nitrogens with zero attached hydrogens (tertiary/aromatic N) is 1. The topological polar surface area (TPSA) is 3.24 Å². The van der Waals surface area contributed by atoms with E-state index in [1.165, 1.54) is 105 Å². The van der Waals surface area contributed by atoms with Crippen molar-refractivity contribution in [3.05, 3.63) is 172 Å². The summed E-state index contributed by atoms with van der Waals surface area (Å²) in [5.41, 5.74) is 19.6. The smallest absolute Gasteiger partial charge is 0.0490 e. The highest BCUT2D eigenvalue weighted by Crippen LogP contribution is 2.53. The van der Waals surface area contributed by atoms with Gasteiger partial charge < -0.3 is 4.90 Å². The van der Waals surface area contributed by atoms with Gasteiger partial charge in [0.25, 0.3) is 0 Å². The fourth-order valence-electron chi connectivity index (χ4n) is 9.19. The van der Waals surface area contributed by atoms with E-state index in [1.807, 2.05) is 0 Å². The van der Waals surface area contributed by atoms with Gasteiger partial charge in [0.15, 0.2) is 0 Å². The Balaban J connectivity index is 1.13. The molecule has 2 aliphatic carbocycles. The van der Waals surface area contributed by atoms with E-state index in [-0.39, 0.29) is 10.8 Å². The van der Waals surface area contributed by atoms with Crippen molar-refractivity contribution >= 4 is 49.8 Å². The van der Waals surface area contributed by atoms with Crippen molar-refractivity contribution in [2.45, 2.75) is 66.2 Å². The van der Waals surface area contributed by atoms with Crippen molar-refractivity contribution in [2.24, 2.45) is 0 Å². The minimum Gasteiger partial charge on any atom is -0.310 e. The lowest BCUT2D eigenvalue weighted by molar-refractivity contribution is 0.660. The van der Waals surface area contributed by atoms with Gasteiger partial charge in [0.1, 0.15) is 0 Å². The minimum absolute atomic E-state index is 0.0259. The molecular weight excluding hydrogens is 615 g/mol. The van der Waals surface area contributed by atoms with Crippen molar-refractivity contribution < 1.29 is 0 Å². The van der Waals surface area contributed by atoms with Crippen LogP contribution < -0.4 is 4.90 Å². The van der Waals surface area contributed by atoms with Gasteiger partial charge >= 0.3 is 0 Å². The molecule has 2 aliphatic rings. The van der Waals surface area contributed by atoms with Crippen LogP contribution in [0.1, 0.15) is 86.1 Å². The number of aryl methyl sites for hydroxylation is 2. The summed E-state index contributed by atoms with van der Waals surface area (Å²) < 4.78 is 0. The number of anilines is 3. The van der Waals surface area contributed by atoms with E-state index in [9.17, 15) is 0 Å². The molecule has 9 rings (SSSR count). The van der Waals surface area contributed by atoms with E-state index in [2.05, 4.69) is 188 Å². The number of para-hydroxylation sites is 2. The van der Waals surface area contributed by atoms with Crippen molar-refractivity contribution in [3.8, 4) is 11.1 Å². The molecule has 0 radical (unpaired) electrons. The normalized spacial score (nSPS) is 15.3. The van der Waals surface area contributed by atoms with Gasteiger partial charge in [-0.15, -0.1) is 0 Å². The van der Waals surface area contributed by atoms with E-state index in [1.54, 1.807) is 0 Å². The summed E-state index contributed by atoms with van der Waals surface area (Å²) >= 11 is 0. The maximum absolute atomic E-state index is 2.48. The van der Waals surface area contributed by atoms with Gasteiger partial charge in [0.2, 0.25) is 0 Å². The average Bonchev–Trinajstić information content (AvgIpc) is 3.51. The van der Waals surface area contributed by atoms with Gasteiger partial charge in [0.05, 0.1) is 0 Å². The lowest BCUT2D eigenvalue weighted by Crippen LogP contribution is -2.17. The molecule has 0 saturated heterocycles. The SMILES string of the molecule is C/C(=C(/C)c1cc2c3c(ccc4cccc(c43)C2(C)C)c1)c1ccc2c(c1)C(C)(C)c1cc(N(c3ccccc3C)c3ccccc3C)ccc1-2. The van der Waals surface area contributed by atoms with E-state index < -0.39 is 0 Å². The first kappa shape index (κ1) is 31.6. The molecule has 0 aromatic heterocycles. The van der Waals surface area contributed by atoms with Crippen molar-refractivity contribution in [2.75, 3.05) is 4.90 Å². The first-order valence-corrected chi connectivity index (χ1v) is 18.4. The van der Waals surface area contributed by atoms with Crippen LogP contribution in [-0.4, -0.2) is 0 Å². The molecule has 0 fully saturated rings. The van der Waals surface area contributed by atoms with Crippen LogP contribution in [-0.2, 0) is 10.8 Å². The van der Waals surface area contributed by atoms with Crippen molar-refractivity contribution in [3.63, 3.8) is 0 Å². The second-order valence-electron chi connectivity index (χ2n) is 16.0. The maximum Gasteiger partial charge on any atom is 0.0490 e. The maximum atomic E-state index is 2.48. The fourth-order valence-corrected chi connectivity index (χ4v) is 9.19. The van der Waals surface area contributed by atoms with Gasteiger partial charge in [-0.2, -0.15) is 0 Å². The molecule has 0 spiro atoms. The van der Waals surface area contributed by atoms with Crippen LogP contribution in [0, 0.1) is 13.8 Å². The summed E-state index contributed by atoms with van der Waals surface area (Å²) in [6.07, 6.45) is 0. The summed E-state index contributed by atoms with van der Waals surface area (Å²) in [6, 6.07) is 48.0. The van der Waals surface area contributed by atoms with Crippen molar-refractivity contribution in [1.82, 2.24) is 0 Å². The minimum atomic E-state index is -0.149. The summed E-state index contributed by atoms with van der Waals surface area (Å²) in [6.45, 7) is 18.6. The molecule has 7 aromatic rings. The molecule has 250 valence electrons. The van der Waals surface area contributed by atoms with E-state index in [0.29, 0.717) is 0 Å². The molecule has 0 saturated carbocycles. The van der Waals surface area contributed by atoms with Crippen LogP contribution in [0.4, 0.5) is 17.1 Å². The van der Waals surface area contributed by atoms with E-state index in [0.717, 1.165) is 0 Å². The monoisotopic (exact) mass is 659 g/mol.